The molecule has 1 amide bonds. The number of hydrogen-bond donors (Lipinski definition) is 1. The number of aryl methyl sites for hydroxylation is 2. The minimum Gasteiger partial charge on any atom is -0.488 e. The Kier molecular flexibility index (Phi) is 5.00. The number of benzene rings is 1. The smallest absolute Gasteiger partial charge is 0.323 e. The number of ether oxygens (including phenoxy) is 1. The van der Waals surface area contributed by atoms with Crippen LogP contribution in [-0.2, 0) is 11.4 Å². The number of rotatable bonds is 6. The molecular weight excluding hydrogens is 300 g/mol. The van der Waals surface area contributed by atoms with Gasteiger partial charge < -0.3 is 19.3 Å². The van der Waals surface area contributed by atoms with E-state index in [9.17, 15) is 9.59 Å². The molecule has 1 heterocycles. The zero-order chi connectivity index (χ0) is 17.0. The zero-order valence-corrected chi connectivity index (χ0v) is 13.2. The van der Waals surface area contributed by atoms with E-state index < -0.39 is 11.9 Å². The van der Waals surface area contributed by atoms with Crippen LogP contribution in [0.1, 0.15) is 27.4 Å². The van der Waals surface area contributed by atoms with E-state index in [4.69, 9.17) is 14.4 Å². The fraction of sp³-hybridized carbons (Fsp3) is 0.312. The monoisotopic (exact) mass is 318 g/mol. The highest BCUT2D eigenvalue weighted by molar-refractivity contribution is 5.98. The molecule has 0 fully saturated rings. The number of nitrogens with zero attached hydrogens (tertiary/aromatic N) is 2. The maximum atomic E-state index is 12.3. The van der Waals surface area contributed by atoms with Crippen LogP contribution in [0.4, 0.5) is 0 Å². The van der Waals surface area contributed by atoms with Crippen LogP contribution in [0.3, 0.4) is 0 Å². The fourth-order valence-corrected chi connectivity index (χ4v) is 2.11. The number of para-hydroxylation sites is 1. The van der Waals surface area contributed by atoms with E-state index in [0.29, 0.717) is 17.1 Å². The van der Waals surface area contributed by atoms with Gasteiger partial charge in [-0.2, -0.15) is 0 Å². The quantitative estimate of drug-likeness (QED) is 0.876. The normalized spacial score (nSPS) is 10.4. The molecule has 0 atom stereocenters. The number of likely N-dealkylation sites (N-methyl/N-ethyl adjacent to an activating group) is 1. The number of carbonyl (C=O) groups is 2. The molecule has 0 aliphatic carbocycles. The highest BCUT2D eigenvalue weighted by Crippen LogP contribution is 2.22. The van der Waals surface area contributed by atoms with Crippen LogP contribution in [0.5, 0.6) is 5.75 Å². The summed E-state index contributed by atoms with van der Waals surface area (Å²) < 4.78 is 10.8. The summed E-state index contributed by atoms with van der Waals surface area (Å²) in [7, 11) is 1.43. The van der Waals surface area contributed by atoms with Gasteiger partial charge in [-0.1, -0.05) is 17.3 Å². The van der Waals surface area contributed by atoms with E-state index in [0.717, 1.165) is 16.2 Å². The standard InChI is InChI=1S/C16H18N2O5/c1-10-13(11(2)23-17-10)9-22-14-7-5-4-6-12(14)16(21)18(3)8-15(19)20/h4-7H,8-9H2,1-3H3,(H,19,20). The SMILES string of the molecule is Cc1noc(C)c1COc1ccccc1C(=O)N(C)CC(=O)O. The first-order valence-electron chi connectivity index (χ1n) is 7.01. The van der Waals surface area contributed by atoms with Gasteiger partial charge in [0.25, 0.3) is 5.91 Å². The van der Waals surface area contributed by atoms with Gasteiger partial charge in [-0.3, -0.25) is 9.59 Å². The largest absolute Gasteiger partial charge is 0.488 e. The summed E-state index contributed by atoms with van der Waals surface area (Å²) in [6.45, 7) is 3.44. The van der Waals surface area contributed by atoms with Crippen molar-refractivity contribution in [2.24, 2.45) is 0 Å². The summed E-state index contributed by atoms with van der Waals surface area (Å²) in [6.07, 6.45) is 0. The molecule has 0 saturated carbocycles. The van der Waals surface area contributed by atoms with Gasteiger partial charge in [0.05, 0.1) is 16.8 Å². The highest BCUT2D eigenvalue weighted by Gasteiger charge is 2.19. The maximum Gasteiger partial charge on any atom is 0.323 e. The number of hydrogen-bond acceptors (Lipinski definition) is 5. The van der Waals surface area contributed by atoms with Gasteiger partial charge in [0.1, 0.15) is 24.7 Å². The number of carboxylic acid groups (broad SMARTS) is 1. The summed E-state index contributed by atoms with van der Waals surface area (Å²) in [5.74, 6) is -0.444. The lowest BCUT2D eigenvalue weighted by Gasteiger charge is -2.17. The van der Waals surface area contributed by atoms with Crippen molar-refractivity contribution in [3.05, 3.63) is 46.8 Å². The van der Waals surface area contributed by atoms with Crippen molar-refractivity contribution < 1.29 is 24.0 Å². The van der Waals surface area contributed by atoms with E-state index in [1.807, 2.05) is 6.92 Å². The van der Waals surface area contributed by atoms with Crippen molar-refractivity contribution >= 4 is 11.9 Å². The van der Waals surface area contributed by atoms with Crippen molar-refractivity contribution in [1.82, 2.24) is 10.1 Å². The van der Waals surface area contributed by atoms with E-state index in [1.54, 1.807) is 31.2 Å². The number of amides is 1. The minimum absolute atomic E-state index is 0.216. The summed E-state index contributed by atoms with van der Waals surface area (Å²) in [4.78, 5) is 24.2. The molecule has 1 aromatic heterocycles. The van der Waals surface area contributed by atoms with Crippen molar-refractivity contribution in [3.8, 4) is 5.75 Å². The van der Waals surface area contributed by atoms with E-state index in [2.05, 4.69) is 5.16 Å². The van der Waals surface area contributed by atoms with Crippen molar-refractivity contribution in [1.29, 1.82) is 0 Å². The molecule has 7 nitrogen and oxygen atoms in total. The first-order valence-corrected chi connectivity index (χ1v) is 7.01. The Labute approximate surface area is 133 Å². The Morgan fingerprint density at radius 1 is 1.30 bits per heavy atom. The minimum atomic E-state index is -1.07. The molecule has 0 bridgehead atoms. The van der Waals surface area contributed by atoms with Crippen LogP contribution >= 0.6 is 0 Å². The summed E-state index contributed by atoms with van der Waals surface area (Å²) in [5, 5.41) is 12.6. The highest BCUT2D eigenvalue weighted by atomic mass is 16.5. The number of carboxylic acids is 1. The topological polar surface area (TPSA) is 92.9 Å². The van der Waals surface area contributed by atoms with Crippen LogP contribution in [0.25, 0.3) is 0 Å². The molecule has 1 aromatic carbocycles. The van der Waals surface area contributed by atoms with Crippen molar-refractivity contribution in [2.45, 2.75) is 20.5 Å². The number of aromatic nitrogens is 1. The lowest BCUT2D eigenvalue weighted by Crippen LogP contribution is -2.32. The molecule has 2 rings (SSSR count). The molecule has 0 spiro atoms. The summed E-state index contributed by atoms with van der Waals surface area (Å²) >= 11 is 0. The summed E-state index contributed by atoms with van der Waals surface area (Å²) in [5.41, 5.74) is 1.86. The van der Waals surface area contributed by atoms with Gasteiger partial charge in [-0.25, -0.2) is 0 Å². The molecule has 2 aromatic rings. The van der Waals surface area contributed by atoms with E-state index in [1.165, 1.54) is 7.05 Å². The van der Waals surface area contributed by atoms with Gasteiger partial charge in [-0.05, 0) is 26.0 Å². The third-order valence-electron chi connectivity index (χ3n) is 3.39. The van der Waals surface area contributed by atoms with Crippen LogP contribution < -0.4 is 4.74 Å². The fourth-order valence-electron chi connectivity index (χ4n) is 2.11. The molecule has 0 aliphatic rings. The predicted octanol–water partition coefficient (Wildman–Crippen LogP) is 2.03. The lowest BCUT2D eigenvalue weighted by molar-refractivity contribution is -0.137. The lowest BCUT2D eigenvalue weighted by atomic mass is 10.1. The first kappa shape index (κ1) is 16.5. The Hall–Kier alpha value is -2.83. The average molecular weight is 318 g/mol. The molecule has 0 saturated heterocycles. The van der Waals surface area contributed by atoms with Gasteiger partial charge in [-0.15, -0.1) is 0 Å². The molecular formula is C16H18N2O5. The van der Waals surface area contributed by atoms with Crippen LogP contribution in [0.15, 0.2) is 28.8 Å². The third kappa shape index (κ3) is 3.88. The Morgan fingerprint density at radius 3 is 2.61 bits per heavy atom. The van der Waals surface area contributed by atoms with Gasteiger partial charge in [0, 0.05) is 7.05 Å². The zero-order valence-electron chi connectivity index (χ0n) is 13.2. The molecule has 0 unspecified atom stereocenters. The maximum absolute atomic E-state index is 12.3. The molecule has 1 N–H and O–H groups in total. The van der Waals surface area contributed by atoms with Crippen molar-refractivity contribution in [2.75, 3.05) is 13.6 Å². The molecule has 122 valence electrons. The van der Waals surface area contributed by atoms with Crippen LogP contribution in [0, 0.1) is 13.8 Å². The van der Waals surface area contributed by atoms with Crippen molar-refractivity contribution in [3.63, 3.8) is 0 Å². The third-order valence-corrected chi connectivity index (χ3v) is 3.39. The second-order valence-electron chi connectivity index (χ2n) is 5.14. The van der Waals surface area contributed by atoms with Gasteiger partial charge in [0.15, 0.2) is 0 Å². The molecule has 0 aliphatic heterocycles. The average Bonchev–Trinajstić information content (AvgIpc) is 2.83. The van der Waals surface area contributed by atoms with Crippen LogP contribution in [-0.4, -0.2) is 40.6 Å². The molecule has 7 heteroatoms. The second-order valence-corrected chi connectivity index (χ2v) is 5.14. The Bertz CT molecular complexity index is 704. The van der Waals surface area contributed by atoms with E-state index in [-0.39, 0.29) is 13.2 Å². The number of aliphatic carboxylic acids is 1. The predicted molar refractivity (Wildman–Crippen MR) is 81.3 cm³/mol. The Morgan fingerprint density at radius 2 is 2.00 bits per heavy atom. The van der Waals surface area contributed by atoms with Gasteiger partial charge in [0.2, 0.25) is 0 Å². The molecule has 0 radical (unpaired) electrons. The summed E-state index contributed by atoms with van der Waals surface area (Å²) in [6, 6.07) is 6.71. The van der Waals surface area contributed by atoms with Crippen LogP contribution in [0.2, 0.25) is 0 Å². The van der Waals surface area contributed by atoms with Gasteiger partial charge >= 0.3 is 5.97 Å². The first-order chi connectivity index (χ1) is 10.9. The second kappa shape index (κ2) is 6.95. The Balaban J connectivity index is 2.17. The van der Waals surface area contributed by atoms with E-state index >= 15 is 0 Å². The molecule has 23 heavy (non-hydrogen) atoms. The number of carbonyl (C=O) groups excluding carboxylic acids is 1.